The van der Waals surface area contributed by atoms with Crippen LogP contribution in [0.2, 0.25) is 0 Å². The molecular weight excluding hydrogens is 565 g/mol. The summed E-state index contributed by atoms with van der Waals surface area (Å²) in [6.07, 6.45) is 5.68. The van der Waals surface area contributed by atoms with Crippen molar-refractivity contribution in [2.24, 2.45) is 0 Å². The molecule has 0 radical (unpaired) electrons. The number of benzene rings is 8. The molecule has 0 heterocycles. The van der Waals surface area contributed by atoms with Crippen molar-refractivity contribution in [3.8, 4) is 44.5 Å². The highest BCUT2D eigenvalue weighted by atomic mass is 14.2. The normalized spacial score (nSPS) is 14.1. The SMILES string of the molecule is CC1CC=Cc2cccc(-c3cccc(-c4ccc5cc6cc(-c7cccc(-c8ccc9ccccc9c8)c7)ccc6cc5c4)c3)c21. The monoisotopic (exact) mass is 598 g/mol. The summed E-state index contributed by atoms with van der Waals surface area (Å²) in [6.45, 7) is 2.34. The van der Waals surface area contributed by atoms with Crippen molar-refractivity contribution >= 4 is 38.4 Å². The highest BCUT2D eigenvalue weighted by Gasteiger charge is 2.18. The van der Waals surface area contributed by atoms with Crippen molar-refractivity contribution in [1.82, 2.24) is 0 Å². The van der Waals surface area contributed by atoms with E-state index in [1.54, 1.807) is 0 Å². The van der Waals surface area contributed by atoms with Gasteiger partial charge in [0.1, 0.15) is 0 Å². The third-order valence-corrected chi connectivity index (χ3v) is 10.0. The van der Waals surface area contributed by atoms with Gasteiger partial charge in [-0.25, -0.2) is 0 Å². The molecule has 1 atom stereocenters. The minimum atomic E-state index is 0.526. The molecule has 222 valence electrons. The van der Waals surface area contributed by atoms with E-state index < -0.39 is 0 Å². The Morgan fingerprint density at radius 2 is 0.872 bits per heavy atom. The van der Waals surface area contributed by atoms with Crippen LogP contribution in [-0.2, 0) is 0 Å². The fourth-order valence-electron chi connectivity index (χ4n) is 7.52. The van der Waals surface area contributed by atoms with Crippen LogP contribution in [0.15, 0.2) is 164 Å². The second-order valence-electron chi connectivity index (χ2n) is 13.0. The van der Waals surface area contributed by atoms with Crippen LogP contribution in [0.5, 0.6) is 0 Å². The second-order valence-corrected chi connectivity index (χ2v) is 13.0. The van der Waals surface area contributed by atoms with Gasteiger partial charge < -0.3 is 0 Å². The molecule has 1 aliphatic rings. The summed E-state index contributed by atoms with van der Waals surface area (Å²) in [6, 6.07) is 58.4. The summed E-state index contributed by atoms with van der Waals surface area (Å²) in [7, 11) is 0. The molecule has 1 aliphatic carbocycles. The van der Waals surface area contributed by atoms with E-state index in [1.807, 2.05) is 0 Å². The number of fused-ring (bicyclic) bond motifs is 4. The quantitative estimate of drug-likeness (QED) is 0.177. The van der Waals surface area contributed by atoms with Gasteiger partial charge in [-0.15, -0.1) is 0 Å². The average Bonchev–Trinajstić information content (AvgIpc) is 3.13. The Hall–Kier alpha value is -5.72. The molecule has 47 heavy (non-hydrogen) atoms. The fourth-order valence-corrected chi connectivity index (χ4v) is 7.52. The highest BCUT2D eigenvalue weighted by Crippen LogP contribution is 2.39. The predicted octanol–water partition coefficient (Wildman–Crippen LogP) is 13.3. The first kappa shape index (κ1) is 27.6. The summed E-state index contributed by atoms with van der Waals surface area (Å²) in [5.41, 5.74) is 12.9. The van der Waals surface area contributed by atoms with E-state index >= 15 is 0 Å². The van der Waals surface area contributed by atoms with Crippen LogP contribution in [0.4, 0.5) is 0 Å². The molecule has 0 spiro atoms. The first-order valence-corrected chi connectivity index (χ1v) is 16.6. The van der Waals surface area contributed by atoms with Gasteiger partial charge in [0.15, 0.2) is 0 Å². The van der Waals surface area contributed by atoms with Gasteiger partial charge >= 0.3 is 0 Å². The van der Waals surface area contributed by atoms with Crippen LogP contribution in [-0.4, -0.2) is 0 Å². The first-order chi connectivity index (χ1) is 23.2. The van der Waals surface area contributed by atoms with Crippen LogP contribution in [0.25, 0.3) is 82.9 Å². The molecule has 8 aromatic rings. The third kappa shape index (κ3) is 5.03. The van der Waals surface area contributed by atoms with Crippen molar-refractivity contribution in [3.63, 3.8) is 0 Å². The summed E-state index contributed by atoms with van der Waals surface area (Å²) in [4.78, 5) is 0. The molecule has 0 N–H and O–H groups in total. The lowest BCUT2D eigenvalue weighted by molar-refractivity contribution is 0.774. The molecule has 1 unspecified atom stereocenters. The van der Waals surface area contributed by atoms with Gasteiger partial charge in [0.05, 0.1) is 0 Å². The Morgan fingerprint density at radius 3 is 1.53 bits per heavy atom. The van der Waals surface area contributed by atoms with Crippen LogP contribution in [0.3, 0.4) is 0 Å². The minimum Gasteiger partial charge on any atom is -0.0833 e. The van der Waals surface area contributed by atoms with E-state index in [2.05, 4.69) is 177 Å². The molecule has 0 aromatic heterocycles. The van der Waals surface area contributed by atoms with Gasteiger partial charge in [-0.3, -0.25) is 0 Å². The van der Waals surface area contributed by atoms with Crippen molar-refractivity contribution < 1.29 is 0 Å². The predicted molar refractivity (Wildman–Crippen MR) is 203 cm³/mol. The van der Waals surface area contributed by atoms with E-state index in [0.29, 0.717) is 5.92 Å². The molecule has 9 rings (SSSR count). The molecule has 0 amide bonds. The largest absolute Gasteiger partial charge is 0.0833 e. The number of rotatable bonds is 4. The van der Waals surface area contributed by atoms with Gasteiger partial charge in [0.2, 0.25) is 0 Å². The Morgan fingerprint density at radius 1 is 0.383 bits per heavy atom. The lowest BCUT2D eigenvalue weighted by atomic mass is 9.82. The van der Waals surface area contributed by atoms with E-state index in [0.717, 1.165) is 6.42 Å². The molecular formula is C47H34. The maximum Gasteiger partial charge on any atom is -0.0143 e. The average molecular weight is 599 g/mol. The lowest BCUT2D eigenvalue weighted by Gasteiger charge is -2.22. The second kappa shape index (κ2) is 11.3. The van der Waals surface area contributed by atoms with Crippen LogP contribution < -0.4 is 0 Å². The van der Waals surface area contributed by atoms with Gasteiger partial charge in [0.25, 0.3) is 0 Å². The Balaban J connectivity index is 1.05. The standard InChI is InChI=1S/C47H34/c1-31-8-4-11-33-12-7-17-46(47(31)33)43-16-6-15-37(26-43)40-21-23-42-29-44-27-39(20-22-41(44)30-45(42)28-40)36-14-5-13-35(25-36)38-19-18-32-9-2-3-10-34(32)24-38/h2-7,9-31H,8H2,1H3. The molecule has 0 fully saturated rings. The topological polar surface area (TPSA) is 0 Å². The number of hydrogen-bond acceptors (Lipinski definition) is 0. The summed E-state index contributed by atoms with van der Waals surface area (Å²) < 4.78 is 0. The molecule has 8 aromatic carbocycles. The summed E-state index contributed by atoms with van der Waals surface area (Å²) in [5, 5.41) is 7.59. The number of allylic oxidation sites excluding steroid dienone is 1. The Kier molecular flexibility index (Phi) is 6.61. The van der Waals surface area contributed by atoms with Crippen molar-refractivity contribution in [1.29, 1.82) is 0 Å². The zero-order valence-corrected chi connectivity index (χ0v) is 26.5. The highest BCUT2D eigenvalue weighted by molar-refractivity contribution is 6.01. The molecule has 0 nitrogen and oxygen atoms in total. The Bertz CT molecular complexity index is 2510. The van der Waals surface area contributed by atoms with Crippen molar-refractivity contribution in [2.45, 2.75) is 19.3 Å². The van der Waals surface area contributed by atoms with Gasteiger partial charge in [-0.1, -0.05) is 134 Å². The smallest absolute Gasteiger partial charge is 0.0143 e. The fraction of sp³-hybridized carbons (Fsp3) is 0.0638. The van der Waals surface area contributed by atoms with Gasteiger partial charge in [-0.05, 0) is 143 Å². The molecule has 0 bridgehead atoms. The zero-order valence-electron chi connectivity index (χ0n) is 26.5. The summed E-state index contributed by atoms with van der Waals surface area (Å²) >= 11 is 0. The molecule has 0 heteroatoms. The van der Waals surface area contributed by atoms with Gasteiger partial charge in [-0.2, -0.15) is 0 Å². The van der Waals surface area contributed by atoms with Crippen molar-refractivity contribution in [3.05, 3.63) is 175 Å². The van der Waals surface area contributed by atoms with Crippen LogP contribution in [0, 0.1) is 0 Å². The molecule has 0 aliphatic heterocycles. The Labute approximate surface area is 276 Å². The third-order valence-electron chi connectivity index (χ3n) is 10.0. The lowest BCUT2D eigenvalue weighted by Crippen LogP contribution is -2.02. The maximum absolute atomic E-state index is 2.36. The van der Waals surface area contributed by atoms with Crippen LogP contribution >= 0.6 is 0 Å². The first-order valence-electron chi connectivity index (χ1n) is 16.6. The maximum atomic E-state index is 2.36. The van der Waals surface area contributed by atoms with Crippen molar-refractivity contribution in [2.75, 3.05) is 0 Å². The van der Waals surface area contributed by atoms with E-state index in [-0.39, 0.29) is 0 Å². The zero-order chi connectivity index (χ0) is 31.3. The van der Waals surface area contributed by atoms with Crippen LogP contribution in [0.1, 0.15) is 30.4 Å². The van der Waals surface area contributed by atoms with E-state index in [9.17, 15) is 0 Å². The van der Waals surface area contributed by atoms with E-state index in [4.69, 9.17) is 0 Å². The molecule has 0 saturated heterocycles. The number of hydrogen-bond donors (Lipinski definition) is 0. The van der Waals surface area contributed by atoms with Gasteiger partial charge in [0, 0.05) is 0 Å². The van der Waals surface area contributed by atoms with E-state index in [1.165, 1.54) is 88.0 Å². The summed E-state index contributed by atoms with van der Waals surface area (Å²) in [5.74, 6) is 0.526. The minimum absolute atomic E-state index is 0.526. The molecule has 0 saturated carbocycles.